The highest BCUT2D eigenvalue weighted by Crippen LogP contribution is 2.24. The SMILES string of the molecule is O=C1COC(C(=O)NCc2n[nH]c3c2CCC3)C(c2ccccc2)N1. The van der Waals surface area contributed by atoms with Crippen molar-refractivity contribution in [1.29, 1.82) is 0 Å². The molecule has 0 spiro atoms. The number of fused-ring (bicyclic) bond motifs is 1. The number of aryl methyl sites for hydroxylation is 1. The molecule has 1 fully saturated rings. The Kier molecular flexibility index (Phi) is 4.23. The molecular weight excluding hydrogens is 320 g/mol. The number of nitrogens with zero attached hydrogens (tertiary/aromatic N) is 1. The van der Waals surface area contributed by atoms with E-state index in [1.807, 2.05) is 30.3 Å². The highest BCUT2D eigenvalue weighted by molar-refractivity contribution is 5.86. The summed E-state index contributed by atoms with van der Waals surface area (Å²) >= 11 is 0. The first-order chi connectivity index (χ1) is 12.2. The number of carbonyl (C=O) groups is 2. The van der Waals surface area contributed by atoms with Gasteiger partial charge < -0.3 is 15.4 Å². The van der Waals surface area contributed by atoms with Crippen molar-refractivity contribution in [2.24, 2.45) is 0 Å². The summed E-state index contributed by atoms with van der Waals surface area (Å²) in [4.78, 5) is 24.4. The summed E-state index contributed by atoms with van der Waals surface area (Å²) in [5.74, 6) is -0.466. The molecule has 2 aromatic rings. The second-order valence-electron chi connectivity index (χ2n) is 6.39. The lowest BCUT2D eigenvalue weighted by Gasteiger charge is -2.31. The van der Waals surface area contributed by atoms with Crippen LogP contribution in [-0.2, 0) is 33.7 Å². The lowest BCUT2D eigenvalue weighted by atomic mass is 9.99. The molecule has 7 heteroatoms. The largest absolute Gasteiger partial charge is 0.356 e. The summed E-state index contributed by atoms with van der Waals surface area (Å²) in [5, 5.41) is 13.1. The third-order valence-corrected chi connectivity index (χ3v) is 4.75. The number of nitrogens with one attached hydrogen (secondary N) is 3. The highest BCUT2D eigenvalue weighted by Gasteiger charge is 2.36. The van der Waals surface area contributed by atoms with Crippen molar-refractivity contribution in [2.45, 2.75) is 38.0 Å². The minimum atomic E-state index is -0.757. The lowest BCUT2D eigenvalue weighted by molar-refractivity contribution is -0.148. The summed E-state index contributed by atoms with van der Waals surface area (Å²) in [6.07, 6.45) is 2.38. The van der Waals surface area contributed by atoms with Gasteiger partial charge in [-0.3, -0.25) is 14.7 Å². The van der Waals surface area contributed by atoms with E-state index in [9.17, 15) is 9.59 Å². The standard InChI is InChI=1S/C18H20N4O3/c23-15-10-25-17(16(20-15)11-5-2-1-3-6-11)18(24)19-9-14-12-7-4-8-13(12)21-22-14/h1-3,5-6,16-17H,4,7-10H2,(H,19,24)(H,20,23)(H,21,22). The summed E-state index contributed by atoms with van der Waals surface area (Å²) in [6, 6.07) is 8.90. The van der Waals surface area contributed by atoms with Gasteiger partial charge in [0.05, 0.1) is 18.3 Å². The van der Waals surface area contributed by atoms with E-state index in [2.05, 4.69) is 20.8 Å². The Morgan fingerprint density at radius 1 is 1.28 bits per heavy atom. The number of rotatable bonds is 4. The number of carbonyl (C=O) groups excluding carboxylic acids is 2. The van der Waals surface area contributed by atoms with Crippen molar-refractivity contribution in [3.63, 3.8) is 0 Å². The van der Waals surface area contributed by atoms with Gasteiger partial charge in [-0.2, -0.15) is 5.10 Å². The lowest BCUT2D eigenvalue weighted by Crippen LogP contribution is -2.52. The van der Waals surface area contributed by atoms with Gasteiger partial charge in [-0.15, -0.1) is 0 Å². The first kappa shape index (κ1) is 15.8. The Morgan fingerprint density at radius 2 is 2.12 bits per heavy atom. The number of ether oxygens (including phenoxy) is 1. The van der Waals surface area contributed by atoms with Crippen LogP contribution in [0.25, 0.3) is 0 Å². The van der Waals surface area contributed by atoms with Gasteiger partial charge in [0.25, 0.3) is 5.91 Å². The van der Waals surface area contributed by atoms with E-state index in [0.717, 1.165) is 30.5 Å². The topological polar surface area (TPSA) is 96.1 Å². The number of hydrogen-bond acceptors (Lipinski definition) is 4. The second kappa shape index (κ2) is 6.68. The number of hydrogen-bond donors (Lipinski definition) is 3. The third kappa shape index (κ3) is 3.15. The number of benzene rings is 1. The highest BCUT2D eigenvalue weighted by atomic mass is 16.5. The molecule has 2 amide bonds. The van der Waals surface area contributed by atoms with Crippen LogP contribution in [0.5, 0.6) is 0 Å². The summed E-state index contributed by atoms with van der Waals surface area (Å²) in [6.45, 7) is 0.249. The predicted octanol–water partition coefficient (Wildman–Crippen LogP) is 0.771. The average molecular weight is 340 g/mol. The fraction of sp³-hybridized carbons (Fsp3) is 0.389. The van der Waals surface area contributed by atoms with E-state index < -0.39 is 12.1 Å². The van der Waals surface area contributed by atoms with Gasteiger partial charge in [-0.1, -0.05) is 30.3 Å². The Labute approximate surface area is 145 Å². The monoisotopic (exact) mass is 340 g/mol. The quantitative estimate of drug-likeness (QED) is 0.766. The van der Waals surface area contributed by atoms with Crippen LogP contribution in [0.3, 0.4) is 0 Å². The molecular formula is C18H20N4O3. The van der Waals surface area contributed by atoms with Crippen molar-refractivity contribution in [2.75, 3.05) is 6.61 Å². The van der Waals surface area contributed by atoms with E-state index in [4.69, 9.17) is 4.74 Å². The van der Waals surface area contributed by atoms with Gasteiger partial charge in [-0.05, 0) is 30.4 Å². The number of aromatic amines is 1. The van der Waals surface area contributed by atoms with Crippen LogP contribution in [0, 0.1) is 0 Å². The Morgan fingerprint density at radius 3 is 2.96 bits per heavy atom. The van der Waals surface area contributed by atoms with Crippen LogP contribution in [0.15, 0.2) is 30.3 Å². The maximum Gasteiger partial charge on any atom is 0.251 e. The van der Waals surface area contributed by atoms with Gasteiger partial charge in [-0.25, -0.2) is 0 Å². The summed E-state index contributed by atoms with van der Waals surface area (Å²) in [5.41, 5.74) is 4.12. The molecule has 3 N–H and O–H groups in total. The summed E-state index contributed by atoms with van der Waals surface area (Å²) < 4.78 is 5.53. The van der Waals surface area contributed by atoms with Gasteiger partial charge in [0, 0.05) is 5.69 Å². The van der Waals surface area contributed by atoms with Gasteiger partial charge in [0.2, 0.25) is 5.91 Å². The van der Waals surface area contributed by atoms with E-state index in [1.54, 1.807) is 0 Å². The normalized spacial score (nSPS) is 22.3. The van der Waals surface area contributed by atoms with Crippen LogP contribution < -0.4 is 10.6 Å². The molecule has 0 radical (unpaired) electrons. The zero-order chi connectivity index (χ0) is 17.2. The first-order valence-corrected chi connectivity index (χ1v) is 8.51. The number of amides is 2. The molecule has 1 aliphatic carbocycles. The Hall–Kier alpha value is -2.67. The van der Waals surface area contributed by atoms with Crippen molar-refractivity contribution >= 4 is 11.8 Å². The Bertz CT molecular complexity index is 787. The summed E-state index contributed by atoms with van der Waals surface area (Å²) in [7, 11) is 0. The molecule has 1 aromatic heterocycles. The number of H-pyrrole nitrogens is 1. The molecule has 4 rings (SSSR count). The smallest absolute Gasteiger partial charge is 0.251 e. The fourth-order valence-electron chi connectivity index (χ4n) is 3.50. The van der Waals surface area contributed by atoms with Crippen molar-refractivity contribution in [1.82, 2.24) is 20.8 Å². The minimum Gasteiger partial charge on any atom is -0.356 e. The molecule has 130 valence electrons. The van der Waals surface area contributed by atoms with Gasteiger partial charge in [0.1, 0.15) is 6.61 Å². The van der Waals surface area contributed by atoms with Crippen LogP contribution in [-0.4, -0.2) is 34.7 Å². The zero-order valence-corrected chi connectivity index (χ0v) is 13.7. The zero-order valence-electron chi connectivity index (χ0n) is 13.7. The van der Waals surface area contributed by atoms with Crippen LogP contribution in [0.4, 0.5) is 0 Å². The third-order valence-electron chi connectivity index (χ3n) is 4.75. The number of aromatic nitrogens is 2. The molecule has 0 bridgehead atoms. The predicted molar refractivity (Wildman–Crippen MR) is 89.5 cm³/mol. The van der Waals surface area contributed by atoms with E-state index in [-0.39, 0.29) is 18.4 Å². The fourth-order valence-corrected chi connectivity index (χ4v) is 3.50. The molecule has 2 atom stereocenters. The van der Waals surface area contributed by atoms with Gasteiger partial charge >= 0.3 is 0 Å². The Balaban J connectivity index is 1.46. The molecule has 1 saturated heterocycles. The van der Waals surface area contributed by atoms with Crippen LogP contribution in [0.2, 0.25) is 0 Å². The van der Waals surface area contributed by atoms with Crippen molar-refractivity contribution in [3.05, 3.63) is 52.8 Å². The number of morpholine rings is 1. The van der Waals surface area contributed by atoms with E-state index in [1.165, 1.54) is 11.3 Å². The van der Waals surface area contributed by atoms with E-state index in [0.29, 0.717) is 6.54 Å². The molecule has 2 aliphatic rings. The maximum atomic E-state index is 12.7. The molecule has 1 aromatic carbocycles. The minimum absolute atomic E-state index is 0.112. The van der Waals surface area contributed by atoms with Gasteiger partial charge in [0.15, 0.2) is 6.10 Å². The average Bonchev–Trinajstić information content (AvgIpc) is 3.24. The maximum absolute atomic E-state index is 12.7. The van der Waals surface area contributed by atoms with Crippen molar-refractivity contribution in [3.8, 4) is 0 Å². The molecule has 2 unspecified atom stereocenters. The van der Waals surface area contributed by atoms with Crippen molar-refractivity contribution < 1.29 is 14.3 Å². The van der Waals surface area contributed by atoms with Crippen LogP contribution in [0.1, 0.15) is 35.0 Å². The van der Waals surface area contributed by atoms with Crippen LogP contribution >= 0.6 is 0 Å². The molecule has 25 heavy (non-hydrogen) atoms. The molecule has 2 heterocycles. The van der Waals surface area contributed by atoms with E-state index >= 15 is 0 Å². The first-order valence-electron chi connectivity index (χ1n) is 8.51. The molecule has 1 aliphatic heterocycles. The second-order valence-corrected chi connectivity index (χ2v) is 6.39. The molecule has 7 nitrogen and oxygen atoms in total. The molecule has 0 saturated carbocycles.